The first-order chi connectivity index (χ1) is 8.71. The minimum absolute atomic E-state index is 0.0320. The predicted molar refractivity (Wildman–Crippen MR) is 74.7 cm³/mol. The molecule has 6 nitrogen and oxygen atoms in total. The summed E-state index contributed by atoms with van der Waals surface area (Å²) < 4.78 is 0. The van der Waals surface area contributed by atoms with Gasteiger partial charge in [0.2, 0.25) is 0 Å². The van der Waals surface area contributed by atoms with E-state index < -0.39 is 23.9 Å². The lowest BCUT2D eigenvalue weighted by Crippen LogP contribution is -2.61. The number of hydrogen-bond donors (Lipinski definition) is 6. The first-order valence-corrected chi connectivity index (χ1v) is 6.88. The van der Waals surface area contributed by atoms with Crippen molar-refractivity contribution in [1.82, 2.24) is 5.32 Å². The largest absolute Gasteiger partial charge is 0.395 e. The minimum atomic E-state index is -0.839. The molecule has 6 heteroatoms. The fourth-order valence-corrected chi connectivity index (χ4v) is 2.57. The van der Waals surface area contributed by atoms with Crippen molar-refractivity contribution < 1.29 is 20.4 Å². The van der Waals surface area contributed by atoms with Crippen molar-refractivity contribution in [3.05, 3.63) is 0 Å². The predicted octanol–water partition coefficient (Wildman–Crippen LogP) is -1.05. The normalized spacial score (nSPS) is 21.5. The van der Waals surface area contributed by atoms with E-state index in [-0.39, 0.29) is 12.6 Å². The smallest absolute Gasteiger partial charge is 0.0556 e. The van der Waals surface area contributed by atoms with Gasteiger partial charge in [0.15, 0.2) is 0 Å². The topological polar surface area (TPSA) is 119 Å². The molecule has 19 heavy (non-hydrogen) atoms. The van der Waals surface area contributed by atoms with E-state index in [0.717, 1.165) is 0 Å². The van der Waals surface area contributed by atoms with Gasteiger partial charge < -0.3 is 31.5 Å². The van der Waals surface area contributed by atoms with Gasteiger partial charge in [-0.15, -0.1) is 0 Å². The lowest BCUT2D eigenvalue weighted by molar-refractivity contribution is 0.0650. The third kappa shape index (κ3) is 7.81. The number of aliphatic hydroxyl groups is 4. The zero-order chi connectivity index (χ0) is 15.1. The SMILES string of the molecule is CC(O)CC(NCCO)C(N)(CC(C)O)CC(C)O. The van der Waals surface area contributed by atoms with Crippen LogP contribution in [0.3, 0.4) is 0 Å². The fourth-order valence-electron chi connectivity index (χ4n) is 2.57. The van der Waals surface area contributed by atoms with Gasteiger partial charge in [0.05, 0.1) is 24.9 Å². The van der Waals surface area contributed by atoms with Gasteiger partial charge in [-0.1, -0.05) is 0 Å². The van der Waals surface area contributed by atoms with E-state index in [0.29, 0.717) is 25.8 Å². The van der Waals surface area contributed by atoms with Gasteiger partial charge in [0, 0.05) is 18.1 Å². The van der Waals surface area contributed by atoms with Crippen LogP contribution in [-0.2, 0) is 0 Å². The maximum absolute atomic E-state index is 9.61. The van der Waals surface area contributed by atoms with Crippen molar-refractivity contribution in [2.75, 3.05) is 13.2 Å². The second kappa shape index (κ2) is 8.84. The van der Waals surface area contributed by atoms with Crippen LogP contribution in [0.4, 0.5) is 0 Å². The maximum atomic E-state index is 9.61. The Hall–Kier alpha value is -0.240. The lowest BCUT2D eigenvalue weighted by atomic mass is 9.78. The van der Waals surface area contributed by atoms with E-state index in [9.17, 15) is 15.3 Å². The third-order valence-corrected chi connectivity index (χ3v) is 3.12. The van der Waals surface area contributed by atoms with Crippen molar-refractivity contribution in [1.29, 1.82) is 0 Å². The van der Waals surface area contributed by atoms with Gasteiger partial charge >= 0.3 is 0 Å². The molecule has 0 aliphatic heterocycles. The van der Waals surface area contributed by atoms with E-state index in [1.807, 2.05) is 0 Å². The number of rotatable bonds is 10. The second-order valence-corrected chi connectivity index (χ2v) is 5.65. The number of nitrogens with two attached hydrogens (primary N) is 1. The molecule has 0 saturated carbocycles. The quantitative estimate of drug-likeness (QED) is 0.303. The molecule has 0 fully saturated rings. The summed E-state index contributed by atoms with van der Waals surface area (Å²) in [4.78, 5) is 0. The number of nitrogens with one attached hydrogen (secondary N) is 1. The molecule has 0 rings (SSSR count). The standard InChI is InChI=1S/C13H30N2O4/c1-9(17)6-12(15-4-5-16)13(14,7-10(2)18)8-11(3)19/h9-12,15-19H,4-8,14H2,1-3H3. The number of hydrogen-bond acceptors (Lipinski definition) is 6. The molecule has 4 atom stereocenters. The average Bonchev–Trinajstić information content (AvgIpc) is 2.20. The highest BCUT2D eigenvalue weighted by Gasteiger charge is 2.37. The molecule has 0 aliphatic carbocycles. The van der Waals surface area contributed by atoms with Crippen LogP contribution in [0, 0.1) is 0 Å². The van der Waals surface area contributed by atoms with Crippen molar-refractivity contribution in [2.45, 2.75) is 69.9 Å². The fraction of sp³-hybridized carbons (Fsp3) is 1.00. The molecule has 7 N–H and O–H groups in total. The Morgan fingerprint density at radius 2 is 1.47 bits per heavy atom. The Morgan fingerprint density at radius 3 is 1.79 bits per heavy atom. The molecule has 0 aliphatic rings. The van der Waals surface area contributed by atoms with E-state index in [4.69, 9.17) is 10.8 Å². The molecule has 0 aromatic carbocycles. The highest BCUT2D eigenvalue weighted by atomic mass is 16.3. The lowest BCUT2D eigenvalue weighted by Gasteiger charge is -2.40. The third-order valence-electron chi connectivity index (χ3n) is 3.12. The van der Waals surface area contributed by atoms with Crippen LogP contribution in [0.15, 0.2) is 0 Å². The highest BCUT2D eigenvalue weighted by Crippen LogP contribution is 2.24. The van der Waals surface area contributed by atoms with Crippen molar-refractivity contribution in [3.8, 4) is 0 Å². The summed E-state index contributed by atoms with van der Waals surface area (Å²) >= 11 is 0. The second-order valence-electron chi connectivity index (χ2n) is 5.65. The highest BCUT2D eigenvalue weighted by molar-refractivity contribution is 4.99. The van der Waals surface area contributed by atoms with Crippen molar-refractivity contribution >= 4 is 0 Å². The van der Waals surface area contributed by atoms with Crippen LogP contribution >= 0.6 is 0 Å². The molecule has 0 spiro atoms. The van der Waals surface area contributed by atoms with E-state index >= 15 is 0 Å². The Kier molecular flexibility index (Phi) is 8.73. The summed E-state index contributed by atoms with van der Waals surface area (Å²) in [6.07, 6.45) is -0.730. The average molecular weight is 278 g/mol. The minimum Gasteiger partial charge on any atom is -0.395 e. The summed E-state index contributed by atoms with van der Waals surface area (Å²) in [6, 6.07) is -0.288. The Bertz CT molecular complexity index is 225. The van der Waals surface area contributed by atoms with E-state index in [1.54, 1.807) is 20.8 Å². The zero-order valence-corrected chi connectivity index (χ0v) is 12.2. The molecule has 4 unspecified atom stereocenters. The van der Waals surface area contributed by atoms with Crippen LogP contribution in [0.1, 0.15) is 40.0 Å². The van der Waals surface area contributed by atoms with Crippen LogP contribution in [-0.4, -0.2) is 63.5 Å². The molecular formula is C13H30N2O4. The van der Waals surface area contributed by atoms with Gasteiger partial charge in [-0.2, -0.15) is 0 Å². The Balaban J connectivity index is 4.96. The zero-order valence-electron chi connectivity index (χ0n) is 12.2. The Morgan fingerprint density at radius 1 is 1.00 bits per heavy atom. The van der Waals surface area contributed by atoms with E-state index in [2.05, 4.69) is 5.32 Å². The van der Waals surface area contributed by atoms with Crippen LogP contribution in [0.25, 0.3) is 0 Å². The molecular weight excluding hydrogens is 248 g/mol. The van der Waals surface area contributed by atoms with Crippen LogP contribution in [0.2, 0.25) is 0 Å². The molecule has 0 radical (unpaired) electrons. The summed E-state index contributed by atoms with van der Waals surface area (Å²) in [6.45, 7) is 5.29. The monoisotopic (exact) mass is 278 g/mol. The summed E-state index contributed by atoms with van der Waals surface area (Å²) in [7, 11) is 0. The summed E-state index contributed by atoms with van der Waals surface area (Å²) in [5.41, 5.74) is 5.52. The van der Waals surface area contributed by atoms with Gasteiger partial charge in [-0.25, -0.2) is 0 Å². The van der Waals surface area contributed by atoms with Crippen molar-refractivity contribution in [2.24, 2.45) is 5.73 Å². The summed E-state index contributed by atoms with van der Waals surface area (Å²) in [5.74, 6) is 0. The van der Waals surface area contributed by atoms with E-state index in [1.165, 1.54) is 0 Å². The summed E-state index contributed by atoms with van der Waals surface area (Å²) in [5, 5.41) is 40.8. The Labute approximate surface area is 115 Å². The molecule has 0 bridgehead atoms. The van der Waals surface area contributed by atoms with Gasteiger partial charge in [-0.3, -0.25) is 0 Å². The molecule has 0 heterocycles. The van der Waals surface area contributed by atoms with Gasteiger partial charge in [-0.05, 0) is 40.0 Å². The number of aliphatic hydroxyl groups excluding tert-OH is 4. The van der Waals surface area contributed by atoms with Crippen LogP contribution < -0.4 is 11.1 Å². The molecule has 116 valence electrons. The van der Waals surface area contributed by atoms with Gasteiger partial charge in [0.1, 0.15) is 0 Å². The first kappa shape index (κ1) is 18.8. The first-order valence-electron chi connectivity index (χ1n) is 6.88. The molecule has 0 saturated heterocycles. The maximum Gasteiger partial charge on any atom is 0.0556 e. The van der Waals surface area contributed by atoms with Crippen molar-refractivity contribution in [3.63, 3.8) is 0 Å². The molecule has 0 aromatic heterocycles. The molecule has 0 aromatic rings. The molecule has 0 amide bonds. The van der Waals surface area contributed by atoms with Crippen LogP contribution in [0.5, 0.6) is 0 Å². The van der Waals surface area contributed by atoms with Gasteiger partial charge in [0.25, 0.3) is 0 Å².